The lowest BCUT2D eigenvalue weighted by Gasteiger charge is -2.39. The number of methoxy groups -OCH3 is 1. The van der Waals surface area contributed by atoms with E-state index in [1.165, 1.54) is 7.11 Å². The van der Waals surface area contributed by atoms with Gasteiger partial charge in [0.25, 0.3) is 0 Å². The molecular formula is C18H25NO3. The summed E-state index contributed by atoms with van der Waals surface area (Å²) >= 11 is 0. The lowest BCUT2D eigenvalue weighted by atomic mass is 9.85. The van der Waals surface area contributed by atoms with Crippen molar-refractivity contribution in [3.05, 3.63) is 41.0 Å². The summed E-state index contributed by atoms with van der Waals surface area (Å²) in [5.74, 6) is -0.366. The second-order valence-corrected chi connectivity index (χ2v) is 6.22. The summed E-state index contributed by atoms with van der Waals surface area (Å²) in [5, 5.41) is 10.4. The van der Waals surface area contributed by atoms with Gasteiger partial charge in [-0.3, -0.25) is 0 Å². The summed E-state index contributed by atoms with van der Waals surface area (Å²) in [4.78, 5) is 14.5. The van der Waals surface area contributed by atoms with Crippen LogP contribution in [0.25, 0.3) is 5.70 Å². The van der Waals surface area contributed by atoms with Crippen molar-refractivity contribution in [1.82, 2.24) is 4.90 Å². The SMILES string of the molecule is COC(=O)C1=C(N(C(C)C)C(C)C)c2ccccc2C(O)C1. The molecule has 0 aromatic heterocycles. The molecule has 0 aliphatic heterocycles. The number of hydrogen-bond acceptors (Lipinski definition) is 4. The molecule has 0 bridgehead atoms. The fourth-order valence-electron chi connectivity index (χ4n) is 3.28. The first-order valence-electron chi connectivity index (χ1n) is 7.75. The Morgan fingerprint density at radius 1 is 1.23 bits per heavy atom. The molecule has 1 aromatic rings. The third-order valence-corrected chi connectivity index (χ3v) is 4.06. The molecule has 1 aliphatic carbocycles. The normalized spacial score (nSPS) is 17.7. The van der Waals surface area contributed by atoms with Crippen molar-refractivity contribution in [3.8, 4) is 0 Å². The fourth-order valence-corrected chi connectivity index (χ4v) is 3.28. The van der Waals surface area contributed by atoms with Crippen LogP contribution < -0.4 is 0 Å². The number of ether oxygens (including phenoxy) is 1. The number of nitrogens with zero attached hydrogens (tertiary/aromatic N) is 1. The number of carbonyl (C=O) groups excluding carboxylic acids is 1. The highest BCUT2D eigenvalue weighted by Gasteiger charge is 2.33. The van der Waals surface area contributed by atoms with Gasteiger partial charge >= 0.3 is 5.97 Å². The number of hydrogen-bond donors (Lipinski definition) is 1. The standard InChI is InChI=1S/C18H25NO3/c1-11(2)19(12(3)4)17-14-9-7-6-8-13(14)16(20)10-15(17)18(21)22-5/h6-9,11-12,16,20H,10H2,1-5H3. The van der Waals surface area contributed by atoms with Crippen LogP contribution in [0.5, 0.6) is 0 Å². The van der Waals surface area contributed by atoms with E-state index in [9.17, 15) is 9.90 Å². The molecule has 4 nitrogen and oxygen atoms in total. The topological polar surface area (TPSA) is 49.8 Å². The molecular weight excluding hydrogens is 278 g/mol. The molecule has 0 heterocycles. The van der Waals surface area contributed by atoms with Crippen LogP contribution in [-0.4, -0.2) is 35.2 Å². The largest absolute Gasteiger partial charge is 0.466 e. The Labute approximate surface area is 132 Å². The molecule has 0 amide bonds. The minimum absolute atomic E-state index is 0.234. The lowest BCUT2D eigenvalue weighted by molar-refractivity contribution is -0.136. The first-order valence-corrected chi connectivity index (χ1v) is 7.75. The highest BCUT2D eigenvalue weighted by Crippen LogP contribution is 2.40. The lowest BCUT2D eigenvalue weighted by Crippen LogP contribution is -2.38. The predicted octanol–water partition coefficient (Wildman–Crippen LogP) is 3.13. The Kier molecular flexibility index (Phi) is 4.91. The first-order chi connectivity index (χ1) is 10.4. The maximum atomic E-state index is 12.3. The quantitative estimate of drug-likeness (QED) is 0.868. The molecule has 1 unspecified atom stereocenters. The highest BCUT2D eigenvalue weighted by molar-refractivity contribution is 5.98. The van der Waals surface area contributed by atoms with Gasteiger partial charge in [0.05, 0.1) is 24.5 Å². The Hall–Kier alpha value is -1.81. The summed E-state index contributed by atoms with van der Waals surface area (Å²) in [5.41, 5.74) is 3.23. The maximum absolute atomic E-state index is 12.3. The minimum Gasteiger partial charge on any atom is -0.466 e. The zero-order valence-corrected chi connectivity index (χ0v) is 14.0. The molecule has 4 heteroatoms. The zero-order valence-electron chi connectivity index (χ0n) is 14.0. The average Bonchev–Trinajstić information content (AvgIpc) is 2.48. The Bertz CT molecular complexity index is 582. The van der Waals surface area contributed by atoms with E-state index in [0.29, 0.717) is 5.57 Å². The van der Waals surface area contributed by atoms with Crippen molar-refractivity contribution in [2.24, 2.45) is 0 Å². The van der Waals surface area contributed by atoms with E-state index in [2.05, 4.69) is 32.6 Å². The average molecular weight is 303 g/mol. The molecule has 0 spiro atoms. The third-order valence-electron chi connectivity index (χ3n) is 4.06. The second kappa shape index (κ2) is 6.53. The van der Waals surface area contributed by atoms with Gasteiger partial charge in [-0.05, 0) is 33.3 Å². The van der Waals surface area contributed by atoms with Gasteiger partial charge in [-0.1, -0.05) is 24.3 Å². The smallest absolute Gasteiger partial charge is 0.335 e. The second-order valence-electron chi connectivity index (χ2n) is 6.22. The van der Waals surface area contributed by atoms with E-state index in [4.69, 9.17) is 4.74 Å². The third kappa shape index (κ3) is 2.88. The monoisotopic (exact) mass is 303 g/mol. The van der Waals surface area contributed by atoms with Gasteiger partial charge in [-0.15, -0.1) is 0 Å². The molecule has 1 aromatic carbocycles. The van der Waals surface area contributed by atoms with E-state index in [0.717, 1.165) is 16.8 Å². The number of benzene rings is 1. The van der Waals surface area contributed by atoms with Crippen molar-refractivity contribution < 1.29 is 14.6 Å². The van der Waals surface area contributed by atoms with Crippen LogP contribution in [0.4, 0.5) is 0 Å². The van der Waals surface area contributed by atoms with Crippen LogP contribution >= 0.6 is 0 Å². The van der Waals surface area contributed by atoms with Gasteiger partial charge in [-0.2, -0.15) is 0 Å². The number of aliphatic hydroxyl groups is 1. The zero-order chi connectivity index (χ0) is 16.4. The van der Waals surface area contributed by atoms with Gasteiger partial charge in [0, 0.05) is 24.1 Å². The van der Waals surface area contributed by atoms with E-state index >= 15 is 0 Å². The van der Waals surface area contributed by atoms with Crippen molar-refractivity contribution in [3.63, 3.8) is 0 Å². The molecule has 1 aliphatic rings. The predicted molar refractivity (Wildman–Crippen MR) is 87.1 cm³/mol. The molecule has 1 N–H and O–H groups in total. The highest BCUT2D eigenvalue weighted by atomic mass is 16.5. The van der Waals surface area contributed by atoms with Crippen molar-refractivity contribution in [1.29, 1.82) is 0 Å². The van der Waals surface area contributed by atoms with Gasteiger partial charge < -0.3 is 14.7 Å². The molecule has 22 heavy (non-hydrogen) atoms. The number of aliphatic hydroxyl groups excluding tert-OH is 1. The first kappa shape index (κ1) is 16.6. The summed E-state index contributed by atoms with van der Waals surface area (Å²) in [6.45, 7) is 8.43. The van der Waals surface area contributed by atoms with Crippen LogP contribution in [0.1, 0.15) is 51.3 Å². The number of rotatable bonds is 4. The summed E-state index contributed by atoms with van der Waals surface area (Å²) in [6, 6.07) is 8.21. The van der Waals surface area contributed by atoms with Crippen molar-refractivity contribution in [2.45, 2.75) is 52.3 Å². The van der Waals surface area contributed by atoms with Gasteiger partial charge in [-0.25, -0.2) is 4.79 Å². The summed E-state index contributed by atoms with van der Waals surface area (Å²) < 4.78 is 4.96. The number of esters is 1. The van der Waals surface area contributed by atoms with E-state index in [1.54, 1.807) is 0 Å². The molecule has 0 saturated heterocycles. The fraction of sp³-hybridized carbons (Fsp3) is 0.500. The molecule has 1 atom stereocenters. The molecule has 0 radical (unpaired) electrons. The molecule has 0 saturated carbocycles. The van der Waals surface area contributed by atoms with E-state index < -0.39 is 6.10 Å². The van der Waals surface area contributed by atoms with Crippen LogP contribution in [-0.2, 0) is 9.53 Å². The van der Waals surface area contributed by atoms with E-state index in [1.807, 2.05) is 24.3 Å². The Morgan fingerprint density at radius 2 is 1.82 bits per heavy atom. The van der Waals surface area contributed by atoms with Crippen LogP contribution in [0.3, 0.4) is 0 Å². The number of fused-ring (bicyclic) bond motifs is 1. The minimum atomic E-state index is -0.671. The van der Waals surface area contributed by atoms with Crippen LogP contribution in [0.15, 0.2) is 29.8 Å². The molecule has 2 rings (SSSR count). The number of carbonyl (C=O) groups is 1. The maximum Gasteiger partial charge on any atom is 0.335 e. The van der Waals surface area contributed by atoms with Crippen molar-refractivity contribution in [2.75, 3.05) is 7.11 Å². The van der Waals surface area contributed by atoms with Crippen LogP contribution in [0.2, 0.25) is 0 Å². The Balaban J connectivity index is 2.71. The van der Waals surface area contributed by atoms with Gasteiger partial charge in [0.2, 0.25) is 0 Å². The van der Waals surface area contributed by atoms with Crippen LogP contribution in [0, 0.1) is 0 Å². The summed E-state index contributed by atoms with van der Waals surface area (Å²) in [7, 11) is 1.38. The van der Waals surface area contributed by atoms with Gasteiger partial charge in [0.1, 0.15) is 0 Å². The Morgan fingerprint density at radius 3 is 2.36 bits per heavy atom. The molecule has 0 fully saturated rings. The molecule has 120 valence electrons. The van der Waals surface area contributed by atoms with Gasteiger partial charge in [0.15, 0.2) is 0 Å². The summed E-state index contributed by atoms with van der Waals surface area (Å²) in [6.07, 6.45) is -0.384. The van der Waals surface area contributed by atoms with Crippen molar-refractivity contribution >= 4 is 11.7 Å². The van der Waals surface area contributed by atoms with E-state index in [-0.39, 0.29) is 24.5 Å².